The molecular formula is C13H10BrN3. The molecule has 0 fully saturated rings. The Balaban J connectivity index is 2.07. The molecular weight excluding hydrogens is 278 g/mol. The van der Waals surface area contributed by atoms with Crippen LogP contribution >= 0.6 is 15.9 Å². The first kappa shape index (κ1) is 10.4. The number of anilines is 2. The topological polar surface area (TPSA) is 40.7 Å². The summed E-state index contributed by atoms with van der Waals surface area (Å²) in [6.45, 7) is 0. The van der Waals surface area contributed by atoms with E-state index in [2.05, 4.69) is 31.2 Å². The van der Waals surface area contributed by atoms with Crippen LogP contribution in [0.15, 0.2) is 53.3 Å². The smallest absolute Gasteiger partial charge is 0.154 e. The number of hydrogen-bond acceptors (Lipinski definition) is 2. The molecule has 0 amide bonds. The van der Waals surface area contributed by atoms with Crippen LogP contribution in [0.1, 0.15) is 0 Å². The standard InChI is InChI=1S/C13H10BrN3/c14-11-8-16-13(12-10(11)6-7-15-12)17-9-4-2-1-3-5-9/h1-8,15H,(H,16,17). The average molecular weight is 288 g/mol. The highest BCUT2D eigenvalue weighted by Gasteiger charge is 2.06. The van der Waals surface area contributed by atoms with Gasteiger partial charge >= 0.3 is 0 Å². The van der Waals surface area contributed by atoms with Gasteiger partial charge in [-0.3, -0.25) is 0 Å². The van der Waals surface area contributed by atoms with Crippen LogP contribution in [0.5, 0.6) is 0 Å². The van der Waals surface area contributed by atoms with Crippen LogP contribution in [-0.2, 0) is 0 Å². The van der Waals surface area contributed by atoms with Gasteiger partial charge in [-0.05, 0) is 34.1 Å². The van der Waals surface area contributed by atoms with E-state index < -0.39 is 0 Å². The Bertz CT molecular complexity index is 646. The first-order chi connectivity index (χ1) is 8.34. The van der Waals surface area contributed by atoms with E-state index in [-0.39, 0.29) is 0 Å². The number of para-hydroxylation sites is 1. The number of fused-ring (bicyclic) bond motifs is 1. The number of rotatable bonds is 2. The molecule has 0 saturated heterocycles. The average Bonchev–Trinajstić information content (AvgIpc) is 2.84. The van der Waals surface area contributed by atoms with E-state index in [4.69, 9.17) is 0 Å². The molecule has 0 aliphatic heterocycles. The van der Waals surface area contributed by atoms with Gasteiger partial charge in [0, 0.05) is 27.9 Å². The van der Waals surface area contributed by atoms with Crippen molar-refractivity contribution in [2.45, 2.75) is 0 Å². The molecule has 0 bridgehead atoms. The Hall–Kier alpha value is -1.81. The van der Waals surface area contributed by atoms with Crippen molar-refractivity contribution in [1.29, 1.82) is 0 Å². The normalized spacial score (nSPS) is 10.6. The van der Waals surface area contributed by atoms with Crippen LogP contribution < -0.4 is 5.32 Å². The Morgan fingerprint density at radius 2 is 1.94 bits per heavy atom. The molecule has 84 valence electrons. The van der Waals surface area contributed by atoms with Gasteiger partial charge in [-0.15, -0.1) is 0 Å². The van der Waals surface area contributed by atoms with Crippen molar-refractivity contribution in [3.05, 3.63) is 53.3 Å². The number of aromatic amines is 1. The second kappa shape index (κ2) is 4.22. The van der Waals surface area contributed by atoms with Gasteiger partial charge in [-0.25, -0.2) is 4.98 Å². The lowest BCUT2D eigenvalue weighted by molar-refractivity contribution is 1.31. The van der Waals surface area contributed by atoms with Crippen LogP contribution in [0.25, 0.3) is 10.9 Å². The first-order valence-corrected chi connectivity index (χ1v) is 6.07. The summed E-state index contributed by atoms with van der Waals surface area (Å²) in [5, 5.41) is 4.42. The molecule has 4 heteroatoms. The predicted molar refractivity (Wildman–Crippen MR) is 73.5 cm³/mol. The van der Waals surface area contributed by atoms with E-state index in [0.717, 1.165) is 26.9 Å². The van der Waals surface area contributed by atoms with Crippen LogP contribution in [0.2, 0.25) is 0 Å². The predicted octanol–water partition coefficient (Wildman–Crippen LogP) is 4.07. The van der Waals surface area contributed by atoms with Crippen molar-refractivity contribution in [3.8, 4) is 0 Å². The number of pyridine rings is 1. The highest BCUT2D eigenvalue weighted by atomic mass is 79.9. The summed E-state index contributed by atoms with van der Waals surface area (Å²) in [4.78, 5) is 7.58. The highest BCUT2D eigenvalue weighted by molar-refractivity contribution is 9.10. The fourth-order valence-corrected chi connectivity index (χ4v) is 2.21. The number of halogens is 1. The van der Waals surface area contributed by atoms with Crippen LogP contribution in [0.3, 0.4) is 0 Å². The van der Waals surface area contributed by atoms with Gasteiger partial charge < -0.3 is 10.3 Å². The second-order valence-corrected chi connectivity index (χ2v) is 4.57. The number of benzene rings is 1. The van der Waals surface area contributed by atoms with Crippen LogP contribution in [-0.4, -0.2) is 9.97 Å². The van der Waals surface area contributed by atoms with Gasteiger partial charge in [0.25, 0.3) is 0 Å². The number of hydrogen-bond donors (Lipinski definition) is 2. The summed E-state index contributed by atoms with van der Waals surface area (Å²) in [6, 6.07) is 12.0. The molecule has 2 aromatic heterocycles. The molecule has 3 aromatic rings. The Morgan fingerprint density at radius 3 is 2.76 bits per heavy atom. The highest BCUT2D eigenvalue weighted by Crippen LogP contribution is 2.28. The summed E-state index contributed by atoms with van der Waals surface area (Å²) in [5.41, 5.74) is 2.03. The zero-order valence-corrected chi connectivity index (χ0v) is 10.5. The van der Waals surface area contributed by atoms with Crippen molar-refractivity contribution in [2.24, 2.45) is 0 Å². The Labute approximate surface area is 107 Å². The summed E-state index contributed by atoms with van der Waals surface area (Å²) in [5.74, 6) is 0.833. The second-order valence-electron chi connectivity index (χ2n) is 3.71. The maximum absolute atomic E-state index is 4.38. The minimum Gasteiger partial charge on any atom is -0.358 e. The molecule has 0 saturated carbocycles. The lowest BCUT2D eigenvalue weighted by atomic mass is 10.3. The SMILES string of the molecule is Brc1cnc(Nc2ccccc2)c2[nH]ccc12. The fraction of sp³-hybridized carbons (Fsp3) is 0. The molecule has 0 radical (unpaired) electrons. The molecule has 0 aliphatic rings. The van der Waals surface area contributed by atoms with Crippen molar-refractivity contribution in [3.63, 3.8) is 0 Å². The van der Waals surface area contributed by atoms with Crippen molar-refractivity contribution in [1.82, 2.24) is 9.97 Å². The maximum atomic E-state index is 4.38. The molecule has 2 N–H and O–H groups in total. The monoisotopic (exact) mass is 287 g/mol. The van der Waals surface area contributed by atoms with Crippen LogP contribution in [0, 0.1) is 0 Å². The summed E-state index contributed by atoms with van der Waals surface area (Å²) >= 11 is 3.49. The largest absolute Gasteiger partial charge is 0.358 e. The molecule has 0 atom stereocenters. The van der Waals surface area contributed by atoms with Crippen molar-refractivity contribution >= 4 is 38.3 Å². The summed E-state index contributed by atoms with van der Waals surface area (Å²) in [7, 11) is 0. The molecule has 0 aliphatic carbocycles. The summed E-state index contributed by atoms with van der Waals surface area (Å²) < 4.78 is 0.993. The zero-order chi connectivity index (χ0) is 11.7. The molecule has 0 unspecified atom stereocenters. The van der Waals surface area contributed by atoms with Gasteiger partial charge in [0.15, 0.2) is 5.82 Å². The third kappa shape index (κ3) is 1.91. The Morgan fingerprint density at radius 1 is 1.12 bits per heavy atom. The molecule has 17 heavy (non-hydrogen) atoms. The van der Waals surface area contributed by atoms with E-state index in [1.54, 1.807) is 6.20 Å². The zero-order valence-electron chi connectivity index (χ0n) is 8.94. The number of aromatic nitrogens is 2. The van der Waals surface area contributed by atoms with Crippen molar-refractivity contribution in [2.75, 3.05) is 5.32 Å². The molecule has 1 aromatic carbocycles. The van der Waals surface area contributed by atoms with Gasteiger partial charge in [-0.2, -0.15) is 0 Å². The van der Waals surface area contributed by atoms with E-state index in [0.29, 0.717) is 0 Å². The Kier molecular flexibility index (Phi) is 2.57. The van der Waals surface area contributed by atoms with Crippen molar-refractivity contribution < 1.29 is 0 Å². The number of nitrogens with one attached hydrogen (secondary N) is 2. The van der Waals surface area contributed by atoms with E-state index >= 15 is 0 Å². The maximum Gasteiger partial charge on any atom is 0.154 e. The lowest BCUT2D eigenvalue weighted by Gasteiger charge is -2.07. The minimum atomic E-state index is 0.833. The molecule has 2 heterocycles. The van der Waals surface area contributed by atoms with Gasteiger partial charge in [0.1, 0.15) is 0 Å². The number of nitrogens with zero attached hydrogens (tertiary/aromatic N) is 1. The van der Waals surface area contributed by atoms with E-state index in [9.17, 15) is 0 Å². The third-order valence-corrected chi connectivity index (χ3v) is 3.22. The third-order valence-electron chi connectivity index (χ3n) is 2.58. The molecule has 0 spiro atoms. The molecule has 3 nitrogen and oxygen atoms in total. The minimum absolute atomic E-state index is 0.833. The van der Waals surface area contributed by atoms with E-state index in [1.165, 1.54) is 0 Å². The van der Waals surface area contributed by atoms with Gasteiger partial charge in [-0.1, -0.05) is 18.2 Å². The quantitative estimate of drug-likeness (QED) is 0.746. The lowest BCUT2D eigenvalue weighted by Crippen LogP contribution is -1.94. The summed E-state index contributed by atoms with van der Waals surface area (Å²) in [6.07, 6.45) is 3.72. The molecule has 3 rings (SSSR count). The van der Waals surface area contributed by atoms with Gasteiger partial charge in [0.2, 0.25) is 0 Å². The van der Waals surface area contributed by atoms with Gasteiger partial charge in [0.05, 0.1) is 5.52 Å². The first-order valence-electron chi connectivity index (χ1n) is 5.28. The fourth-order valence-electron chi connectivity index (χ4n) is 1.77. The number of H-pyrrole nitrogens is 1. The van der Waals surface area contributed by atoms with E-state index in [1.807, 2.05) is 42.6 Å². The van der Waals surface area contributed by atoms with Crippen LogP contribution in [0.4, 0.5) is 11.5 Å².